The highest BCUT2D eigenvalue weighted by Crippen LogP contribution is 2.58. The molecule has 0 saturated heterocycles. The van der Waals surface area contributed by atoms with Crippen molar-refractivity contribution < 1.29 is 18.6 Å². The van der Waals surface area contributed by atoms with Gasteiger partial charge >= 0.3 is 6.09 Å². The molecule has 0 aliphatic rings. The van der Waals surface area contributed by atoms with E-state index in [0.29, 0.717) is 5.56 Å². The van der Waals surface area contributed by atoms with Crippen LogP contribution in [0.15, 0.2) is 152 Å². The van der Waals surface area contributed by atoms with Gasteiger partial charge in [-0.15, -0.1) is 0 Å². The van der Waals surface area contributed by atoms with Crippen LogP contribution in [-0.2, 0) is 26.0 Å². The van der Waals surface area contributed by atoms with Crippen molar-refractivity contribution in [1.29, 1.82) is 0 Å². The molecule has 0 aliphatic heterocycles. The summed E-state index contributed by atoms with van der Waals surface area (Å²) in [5, 5.41) is 6.54. The van der Waals surface area contributed by atoms with Crippen LogP contribution in [0, 0.1) is 0 Å². The molecular weight excluding hydrogens is 555 g/mol. The number of carbonyl (C=O) groups is 1. The van der Waals surface area contributed by atoms with Gasteiger partial charge in [0, 0.05) is 7.11 Å². The smallest absolute Gasteiger partial charge is 0.408 e. The van der Waals surface area contributed by atoms with Crippen molar-refractivity contribution in [1.82, 2.24) is 10.6 Å². The van der Waals surface area contributed by atoms with Crippen LogP contribution in [0.25, 0.3) is 0 Å². The molecule has 0 saturated carbocycles. The maximum atomic E-state index is 14.9. The largest absolute Gasteiger partial charge is 0.445 e. The lowest BCUT2D eigenvalue weighted by Crippen LogP contribution is -2.46. The zero-order valence-electron chi connectivity index (χ0n) is 24.0. The first-order chi connectivity index (χ1) is 21.0. The van der Waals surface area contributed by atoms with Gasteiger partial charge in [-0.2, -0.15) is 0 Å². The Morgan fingerprint density at radius 3 is 1.53 bits per heavy atom. The molecule has 218 valence electrons. The van der Waals surface area contributed by atoms with Gasteiger partial charge in [0.1, 0.15) is 12.4 Å². The van der Waals surface area contributed by atoms with E-state index in [1.165, 1.54) is 7.11 Å². The molecule has 2 atom stereocenters. The Labute approximate surface area is 253 Å². The van der Waals surface area contributed by atoms with E-state index in [0.717, 1.165) is 22.3 Å². The number of hydrogen-bond acceptors (Lipinski definition) is 5. The van der Waals surface area contributed by atoms with Crippen LogP contribution >= 0.6 is 7.37 Å². The zero-order chi connectivity index (χ0) is 30.0. The Kier molecular flexibility index (Phi) is 9.85. The minimum atomic E-state index is -3.66. The van der Waals surface area contributed by atoms with E-state index in [9.17, 15) is 9.36 Å². The summed E-state index contributed by atoms with van der Waals surface area (Å²) >= 11 is 0. The minimum Gasteiger partial charge on any atom is -0.445 e. The number of benzene rings is 5. The topological polar surface area (TPSA) is 76.7 Å². The van der Waals surface area contributed by atoms with E-state index < -0.39 is 24.8 Å². The van der Waals surface area contributed by atoms with Crippen molar-refractivity contribution in [2.24, 2.45) is 0 Å². The minimum absolute atomic E-state index is 0.0549. The third-order valence-corrected chi connectivity index (χ3v) is 9.90. The molecule has 0 fully saturated rings. The fourth-order valence-corrected chi connectivity index (χ4v) is 7.19. The highest BCUT2D eigenvalue weighted by molar-refractivity contribution is 7.59. The summed E-state index contributed by atoms with van der Waals surface area (Å²) in [6.07, 6.45) is -0.740. The zero-order valence-corrected chi connectivity index (χ0v) is 24.9. The number of alkyl carbamates (subject to hydrolysis) is 1. The molecule has 43 heavy (non-hydrogen) atoms. The molecule has 2 unspecified atom stereocenters. The number of nitrogens with one attached hydrogen (secondary N) is 2. The van der Waals surface area contributed by atoms with Crippen molar-refractivity contribution in [3.63, 3.8) is 0 Å². The molecule has 2 N–H and O–H groups in total. The van der Waals surface area contributed by atoms with Gasteiger partial charge in [-0.05, 0) is 27.8 Å². The van der Waals surface area contributed by atoms with Crippen molar-refractivity contribution >= 4 is 13.5 Å². The third kappa shape index (κ3) is 6.95. The lowest BCUT2D eigenvalue weighted by molar-refractivity contribution is 0.137. The lowest BCUT2D eigenvalue weighted by atomic mass is 9.77. The number of ether oxygens (including phenoxy) is 1. The van der Waals surface area contributed by atoms with Gasteiger partial charge in [0.2, 0.25) is 7.37 Å². The predicted molar refractivity (Wildman–Crippen MR) is 171 cm³/mol. The third-order valence-electron chi connectivity index (χ3n) is 7.47. The lowest BCUT2D eigenvalue weighted by Gasteiger charge is -2.39. The average Bonchev–Trinajstić information content (AvgIpc) is 3.09. The van der Waals surface area contributed by atoms with Gasteiger partial charge in [-0.1, -0.05) is 152 Å². The van der Waals surface area contributed by atoms with Crippen molar-refractivity contribution in [2.75, 3.05) is 13.4 Å². The van der Waals surface area contributed by atoms with Crippen LogP contribution in [0.5, 0.6) is 0 Å². The quantitative estimate of drug-likeness (QED) is 0.114. The molecule has 0 aromatic heterocycles. The first kappa shape index (κ1) is 30.0. The Bertz CT molecular complexity index is 1520. The molecule has 0 spiro atoms. The van der Waals surface area contributed by atoms with E-state index in [1.54, 1.807) is 0 Å². The van der Waals surface area contributed by atoms with Gasteiger partial charge in [-0.3, -0.25) is 9.88 Å². The number of amides is 1. The summed E-state index contributed by atoms with van der Waals surface area (Å²) < 4.78 is 26.2. The van der Waals surface area contributed by atoms with Crippen LogP contribution in [-0.4, -0.2) is 19.5 Å². The van der Waals surface area contributed by atoms with Gasteiger partial charge in [0.15, 0.2) is 0 Å². The monoisotopic (exact) mass is 590 g/mol. The Morgan fingerprint density at radius 2 is 1.09 bits per heavy atom. The van der Waals surface area contributed by atoms with Crippen LogP contribution < -0.4 is 10.6 Å². The number of rotatable bonds is 12. The second kappa shape index (κ2) is 14.1. The second-order valence-corrected chi connectivity index (χ2v) is 12.8. The van der Waals surface area contributed by atoms with Crippen LogP contribution in [0.1, 0.15) is 33.6 Å². The van der Waals surface area contributed by atoms with Gasteiger partial charge in [0.05, 0.1) is 11.8 Å². The molecule has 1 amide bonds. The fraction of sp³-hybridized carbons (Fsp3) is 0.139. The Hall–Kier alpha value is -4.48. The van der Waals surface area contributed by atoms with E-state index in [-0.39, 0.29) is 12.9 Å². The molecule has 0 bridgehead atoms. The molecule has 7 heteroatoms. The van der Waals surface area contributed by atoms with Gasteiger partial charge < -0.3 is 14.6 Å². The maximum Gasteiger partial charge on any atom is 0.408 e. The fourth-order valence-electron chi connectivity index (χ4n) is 5.28. The van der Waals surface area contributed by atoms with Crippen LogP contribution in [0.3, 0.4) is 0 Å². The van der Waals surface area contributed by atoms with Crippen LogP contribution in [0.2, 0.25) is 0 Å². The summed E-state index contributed by atoms with van der Waals surface area (Å²) in [5.41, 5.74) is 3.55. The van der Waals surface area contributed by atoms with E-state index in [4.69, 9.17) is 9.26 Å². The number of hydrogen-bond donors (Lipinski definition) is 2. The molecule has 0 radical (unpaired) electrons. The van der Waals surface area contributed by atoms with E-state index in [2.05, 4.69) is 47.0 Å². The average molecular weight is 591 g/mol. The Balaban J connectivity index is 1.52. The highest BCUT2D eigenvalue weighted by atomic mass is 31.2. The number of carbonyl (C=O) groups excluding carboxylic acids is 1. The summed E-state index contributed by atoms with van der Waals surface area (Å²) in [5.74, 6) is -0.963. The first-order valence-electron chi connectivity index (χ1n) is 14.1. The first-order valence-corrected chi connectivity index (χ1v) is 16.0. The standard InChI is InChI=1S/C36H35N2O4P/c1-41-43(40,34(30-19-9-3-10-20-30)38-35(39)42-27-29-17-7-2-8-18-29)28-37-36(31-21-11-4-12-22-31,32-23-13-5-14-24-32)33-25-15-6-16-26-33/h2-26,34,37H,27-28H2,1H3,(H,38,39). The van der Waals surface area contributed by atoms with Gasteiger partial charge in [-0.25, -0.2) is 4.79 Å². The molecule has 0 heterocycles. The van der Waals surface area contributed by atoms with Crippen molar-refractivity contribution in [2.45, 2.75) is 17.9 Å². The summed E-state index contributed by atoms with van der Waals surface area (Å²) in [6.45, 7) is 0.0862. The molecule has 6 nitrogen and oxygen atoms in total. The van der Waals surface area contributed by atoms with Gasteiger partial charge in [0.25, 0.3) is 0 Å². The molecular formula is C36H35N2O4P. The molecule has 5 aromatic carbocycles. The molecule has 5 aromatic rings. The van der Waals surface area contributed by atoms with Crippen molar-refractivity contribution in [3.8, 4) is 0 Å². The van der Waals surface area contributed by atoms with Crippen LogP contribution in [0.4, 0.5) is 4.79 Å². The maximum absolute atomic E-state index is 14.9. The van der Waals surface area contributed by atoms with E-state index >= 15 is 0 Å². The normalized spacial score (nSPS) is 13.4. The highest BCUT2D eigenvalue weighted by Gasteiger charge is 2.42. The SMILES string of the molecule is COP(=O)(CNC(c1ccccc1)(c1ccccc1)c1ccccc1)C(NC(=O)OCc1ccccc1)c1ccccc1. The van der Waals surface area contributed by atoms with E-state index in [1.807, 2.05) is 115 Å². The second-order valence-electron chi connectivity index (χ2n) is 10.1. The summed E-state index contributed by atoms with van der Waals surface area (Å²) in [4.78, 5) is 13.1. The molecule has 0 aliphatic carbocycles. The van der Waals surface area contributed by atoms with Crippen molar-refractivity contribution in [3.05, 3.63) is 179 Å². The summed E-state index contributed by atoms with van der Waals surface area (Å²) in [7, 11) is -2.24. The summed E-state index contributed by atoms with van der Waals surface area (Å²) in [6, 6.07) is 48.8. The molecule has 5 rings (SSSR count). The predicted octanol–water partition coefficient (Wildman–Crippen LogP) is 8.08. The Morgan fingerprint density at radius 1 is 0.674 bits per heavy atom.